The highest BCUT2D eigenvalue weighted by atomic mass is 35.5. The Morgan fingerprint density at radius 2 is 1.91 bits per heavy atom. The van der Waals surface area contributed by atoms with Crippen LogP contribution < -0.4 is 20.1 Å². The summed E-state index contributed by atoms with van der Waals surface area (Å²) in [5.41, 5.74) is 2.26. The van der Waals surface area contributed by atoms with E-state index in [0.717, 1.165) is 48.6 Å². The second kappa shape index (κ2) is 9.00. The van der Waals surface area contributed by atoms with Gasteiger partial charge in [-0.25, -0.2) is 4.79 Å². The third-order valence-corrected chi connectivity index (χ3v) is 7.29. The van der Waals surface area contributed by atoms with Crippen LogP contribution in [0.3, 0.4) is 0 Å². The Hall–Kier alpha value is -3.39. The summed E-state index contributed by atoms with van der Waals surface area (Å²) in [6, 6.07) is 8.68. The quantitative estimate of drug-likeness (QED) is 0.473. The number of fused-ring (bicyclic) bond motifs is 4. The van der Waals surface area contributed by atoms with Crippen molar-refractivity contribution in [2.24, 2.45) is 0 Å². The van der Waals surface area contributed by atoms with Crippen LogP contribution in [-0.2, 0) is 12.1 Å². The normalized spacial score (nSPS) is 16.4. The summed E-state index contributed by atoms with van der Waals surface area (Å²) in [7, 11) is 4.89. The first-order valence-corrected chi connectivity index (χ1v) is 12.0. The van der Waals surface area contributed by atoms with Gasteiger partial charge in [-0.3, -0.25) is 4.79 Å². The first-order chi connectivity index (χ1) is 16.8. The summed E-state index contributed by atoms with van der Waals surface area (Å²) >= 11 is 6.60. The minimum absolute atomic E-state index is 0.210. The molecule has 1 aliphatic heterocycles. The molecule has 2 heterocycles. The van der Waals surface area contributed by atoms with Gasteiger partial charge >= 0.3 is 6.03 Å². The van der Waals surface area contributed by atoms with Crippen LogP contribution in [0.2, 0.25) is 5.02 Å². The third-order valence-electron chi connectivity index (χ3n) is 7.00. The van der Waals surface area contributed by atoms with Gasteiger partial charge in [-0.05, 0) is 37.1 Å². The lowest BCUT2D eigenvalue weighted by atomic mass is 9.74. The maximum atomic E-state index is 13.4. The molecular formula is C26H28ClN3O5. The molecule has 5 rings (SSSR count). The molecule has 1 spiro atoms. The monoisotopic (exact) mass is 497 g/mol. The molecule has 8 nitrogen and oxygen atoms in total. The third kappa shape index (κ3) is 4.05. The van der Waals surface area contributed by atoms with Crippen molar-refractivity contribution in [3.05, 3.63) is 52.2 Å². The maximum absolute atomic E-state index is 13.4. The van der Waals surface area contributed by atoms with Crippen LogP contribution in [-0.4, -0.2) is 38.1 Å². The highest BCUT2D eigenvalue weighted by Crippen LogP contribution is 2.49. The molecule has 0 bridgehead atoms. The number of nitrogens with one attached hydrogen (secondary N) is 2. The molecule has 3 amide bonds. The SMILES string of the molecule is COc1ccc(CN(C)C(=O)c2cc3cc(Cl)c4c(c3o2)C2(CCCCC2)NC(=O)N4)c(OC)c1. The lowest BCUT2D eigenvalue weighted by Gasteiger charge is -2.42. The Labute approximate surface area is 208 Å². The summed E-state index contributed by atoms with van der Waals surface area (Å²) in [6.45, 7) is 0.323. The maximum Gasteiger partial charge on any atom is 0.319 e. The zero-order valence-electron chi connectivity index (χ0n) is 20.0. The predicted molar refractivity (Wildman–Crippen MR) is 133 cm³/mol. The van der Waals surface area contributed by atoms with E-state index in [9.17, 15) is 9.59 Å². The Morgan fingerprint density at radius 3 is 2.63 bits per heavy atom. The van der Waals surface area contributed by atoms with Gasteiger partial charge in [-0.15, -0.1) is 0 Å². The summed E-state index contributed by atoms with van der Waals surface area (Å²) in [5.74, 6) is 1.25. The molecule has 0 unspecified atom stereocenters. The van der Waals surface area contributed by atoms with Crippen LogP contribution in [0.15, 0.2) is 34.7 Å². The largest absolute Gasteiger partial charge is 0.497 e. The van der Waals surface area contributed by atoms with Gasteiger partial charge in [0.25, 0.3) is 5.91 Å². The fourth-order valence-corrected chi connectivity index (χ4v) is 5.55. The minimum Gasteiger partial charge on any atom is -0.497 e. The number of amides is 3. The molecule has 2 aromatic carbocycles. The predicted octanol–water partition coefficient (Wildman–Crippen LogP) is 5.67. The van der Waals surface area contributed by atoms with E-state index in [1.165, 1.54) is 0 Å². The molecule has 3 aromatic rings. The second-order valence-corrected chi connectivity index (χ2v) is 9.61. The summed E-state index contributed by atoms with van der Waals surface area (Å²) in [5, 5.41) is 7.15. The number of carbonyl (C=O) groups is 2. The Bertz CT molecular complexity index is 1310. The molecule has 0 radical (unpaired) electrons. The smallest absolute Gasteiger partial charge is 0.319 e. The number of nitrogens with zero attached hydrogens (tertiary/aromatic N) is 1. The molecule has 9 heteroatoms. The Kier molecular flexibility index (Phi) is 6.01. The molecule has 0 atom stereocenters. The van der Waals surface area contributed by atoms with Crippen molar-refractivity contribution in [2.75, 3.05) is 26.6 Å². The van der Waals surface area contributed by atoms with Crippen molar-refractivity contribution in [1.29, 1.82) is 0 Å². The lowest BCUT2D eigenvalue weighted by molar-refractivity contribution is 0.0754. The van der Waals surface area contributed by atoms with Crippen molar-refractivity contribution in [2.45, 2.75) is 44.2 Å². The van der Waals surface area contributed by atoms with Crippen molar-refractivity contribution in [1.82, 2.24) is 10.2 Å². The number of methoxy groups -OCH3 is 2. The highest BCUT2D eigenvalue weighted by Gasteiger charge is 2.44. The second-order valence-electron chi connectivity index (χ2n) is 9.20. The van der Waals surface area contributed by atoms with Crippen molar-refractivity contribution < 1.29 is 23.5 Å². The summed E-state index contributed by atoms with van der Waals surface area (Å²) < 4.78 is 16.9. The summed E-state index contributed by atoms with van der Waals surface area (Å²) in [4.78, 5) is 27.4. The zero-order chi connectivity index (χ0) is 24.7. The van der Waals surface area contributed by atoms with E-state index < -0.39 is 5.54 Å². The van der Waals surface area contributed by atoms with Gasteiger partial charge < -0.3 is 29.4 Å². The van der Waals surface area contributed by atoms with Crippen LogP contribution in [0, 0.1) is 0 Å². The van der Waals surface area contributed by atoms with E-state index in [-0.39, 0.29) is 17.7 Å². The molecule has 1 aromatic heterocycles. The molecule has 1 aliphatic carbocycles. The molecule has 1 saturated carbocycles. The molecule has 1 fully saturated rings. The number of urea groups is 1. The standard InChI is InChI=1S/C26H28ClN3O5/c1-30(14-15-7-8-17(33-2)13-19(15)34-3)24(31)20-12-16-11-18(27)22-21(23(16)35-20)26(29-25(32)28-22)9-5-4-6-10-26/h7-8,11-13H,4-6,9-10,14H2,1-3H3,(H2,28,29,32). The number of rotatable bonds is 5. The van der Waals surface area contributed by atoms with Crippen LogP contribution in [0.1, 0.15) is 53.8 Å². The van der Waals surface area contributed by atoms with Crippen molar-refractivity contribution >= 4 is 40.2 Å². The molecule has 0 saturated heterocycles. The number of carbonyl (C=O) groups excluding carboxylic acids is 2. The number of halogens is 1. The van der Waals surface area contributed by atoms with E-state index >= 15 is 0 Å². The molecule has 2 aliphatic rings. The average Bonchev–Trinajstić information content (AvgIpc) is 3.27. The summed E-state index contributed by atoms with van der Waals surface area (Å²) in [6.07, 6.45) is 4.69. The fourth-order valence-electron chi connectivity index (χ4n) is 5.29. The van der Waals surface area contributed by atoms with E-state index in [1.54, 1.807) is 44.4 Å². The van der Waals surface area contributed by atoms with E-state index in [1.807, 2.05) is 12.1 Å². The molecule has 2 N–H and O–H groups in total. The van der Waals surface area contributed by atoms with Gasteiger partial charge in [-0.2, -0.15) is 0 Å². The number of hydrogen-bond donors (Lipinski definition) is 2. The topological polar surface area (TPSA) is 93.0 Å². The van der Waals surface area contributed by atoms with E-state index in [4.69, 9.17) is 25.5 Å². The number of ether oxygens (including phenoxy) is 2. The van der Waals surface area contributed by atoms with Crippen LogP contribution >= 0.6 is 11.6 Å². The van der Waals surface area contributed by atoms with E-state index in [0.29, 0.717) is 34.3 Å². The van der Waals surface area contributed by atoms with Crippen LogP contribution in [0.4, 0.5) is 10.5 Å². The number of anilines is 1. The fraction of sp³-hybridized carbons (Fsp3) is 0.385. The number of benzene rings is 2. The van der Waals surface area contributed by atoms with E-state index in [2.05, 4.69) is 10.6 Å². The first kappa shape index (κ1) is 23.4. The van der Waals surface area contributed by atoms with Gasteiger partial charge in [0.1, 0.15) is 17.1 Å². The highest BCUT2D eigenvalue weighted by molar-refractivity contribution is 6.35. The van der Waals surface area contributed by atoms with Gasteiger partial charge in [0.05, 0.1) is 30.5 Å². The molecule has 35 heavy (non-hydrogen) atoms. The van der Waals surface area contributed by atoms with Crippen molar-refractivity contribution in [3.63, 3.8) is 0 Å². The zero-order valence-corrected chi connectivity index (χ0v) is 20.8. The van der Waals surface area contributed by atoms with Crippen LogP contribution in [0.25, 0.3) is 11.0 Å². The van der Waals surface area contributed by atoms with Gasteiger partial charge in [0.15, 0.2) is 5.76 Å². The lowest BCUT2D eigenvalue weighted by Crippen LogP contribution is -2.52. The Morgan fingerprint density at radius 1 is 1.14 bits per heavy atom. The van der Waals surface area contributed by atoms with Gasteiger partial charge in [0.2, 0.25) is 0 Å². The van der Waals surface area contributed by atoms with Gasteiger partial charge in [-0.1, -0.05) is 30.9 Å². The Balaban J connectivity index is 1.51. The number of furan rings is 1. The molecular weight excluding hydrogens is 470 g/mol. The first-order valence-electron chi connectivity index (χ1n) is 11.7. The molecule has 184 valence electrons. The van der Waals surface area contributed by atoms with Crippen molar-refractivity contribution in [3.8, 4) is 11.5 Å². The average molecular weight is 498 g/mol. The number of hydrogen-bond acceptors (Lipinski definition) is 5. The van der Waals surface area contributed by atoms with Gasteiger partial charge in [0, 0.05) is 36.2 Å². The van der Waals surface area contributed by atoms with Crippen LogP contribution in [0.5, 0.6) is 11.5 Å². The minimum atomic E-state index is -0.556.